The Kier molecular flexibility index (Phi) is 53.4. The van der Waals surface area contributed by atoms with Crippen LogP contribution < -0.4 is 0 Å². The fraction of sp³-hybridized carbons (Fsp3) is 0.726. The lowest BCUT2D eigenvalue weighted by atomic mass is 10.0. The molecule has 0 radical (unpaired) electrons. The summed E-state index contributed by atoms with van der Waals surface area (Å²) in [6.45, 7) is 6.47. The van der Waals surface area contributed by atoms with Crippen molar-refractivity contribution in [3.8, 4) is 0 Å². The van der Waals surface area contributed by atoms with Crippen molar-refractivity contribution in [3.05, 3.63) is 85.1 Å². The summed E-state index contributed by atoms with van der Waals surface area (Å²) in [7, 11) is 0. The van der Waals surface area contributed by atoms with Gasteiger partial charge in [-0.25, -0.2) is 0 Å². The molecular formula is C62H106O6. The smallest absolute Gasteiger partial charge is 0.306 e. The van der Waals surface area contributed by atoms with Crippen LogP contribution in [0, 0.1) is 0 Å². The van der Waals surface area contributed by atoms with Crippen molar-refractivity contribution < 1.29 is 28.6 Å². The maximum Gasteiger partial charge on any atom is 0.306 e. The first-order valence-electron chi connectivity index (χ1n) is 28.6. The summed E-state index contributed by atoms with van der Waals surface area (Å²) in [5.41, 5.74) is 0. The predicted molar refractivity (Wildman–Crippen MR) is 293 cm³/mol. The highest BCUT2D eigenvalue weighted by Gasteiger charge is 2.19. The highest BCUT2D eigenvalue weighted by molar-refractivity contribution is 5.71. The Morgan fingerprint density at radius 1 is 0.309 bits per heavy atom. The molecule has 0 fully saturated rings. The first kappa shape index (κ1) is 64.6. The molecule has 0 aliphatic heterocycles. The quantitative estimate of drug-likeness (QED) is 0.0262. The number of ether oxygens (including phenoxy) is 3. The van der Waals surface area contributed by atoms with Crippen LogP contribution in [-0.2, 0) is 28.6 Å². The molecule has 0 N–H and O–H groups in total. The van der Waals surface area contributed by atoms with Gasteiger partial charge in [0.2, 0.25) is 0 Å². The second-order valence-corrected chi connectivity index (χ2v) is 18.8. The highest BCUT2D eigenvalue weighted by atomic mass is 16.6. The molecule has 0 saturated heterocycles. The average Bonchev–Trinajstić information content (AvgIpc) is 3.34. The van der Waals surface area contributed by atoms with Crippen molar-refractivity contribution in [3.63, 3.8) is 0 Å². The van der Waals surface area contributed by atoms with E-state index in [2.05, 4.69) is 106 Å². The lowest BCUT2D eigenvalue weighted by molar-refractivity contribution is -0.167. The minimum Gasteiger partial charge on any atom is -0.462 e. The van der Waals surface area contributed by atoms with Gasteiger partial charge in [-0.15, -0.1) is 0 Å². The summed E-state index contributed by atoms with van der Waals surface area (Å²) in [6, 6.07) is 0. The third-order valence-corrected chi connectivity index (χ3v) is 12.2. The molecule has 0 aliphatic rings. The zero-order valence-corrected chi connectivity index (χ0v) is 44.6. The van der Waals surface area contributed by atoms with E-state index in [0.29, 0.717) is 19.3 Å². The van der Waals surface area contributed by atoms with Gasteiger partial charge in [-0.05, 0) is 77.0 Å². The summed E-state index contributed by atoms with van der Waals surface area (Å²) in [5.74, 6) is -0.886. The molecule has 0 spiro atoms. The molecule has 390 valence electrons. The van der Waals surface area contributed by atoms with Crippen LogP contribution in [0.2, 0.25) is 0 Å². The summed E-state index contributed by atoms with van der Waals surface area (Å²) in [5, 5.41) is 0. The van der Waals surface area contributed by atoms with E-state index in [4.69, 9.17) is 14.2 Å². The number of rotatable bonds is 51. The van der Waals surface area contributed by atoms with Crippen LogP contribution in [-0.4, -0.2) is 37.2 Å². The zero-order chi connectivity index (χ0) is 49.3. The number of hydrogen-bond donors (Lipinski definition) is 0. The van der Waals surface area contributed by atoms with Gasteiger partial charge in [0.05, 0.1) is 0 Å². The molecule has 1 atom stereocenters. The number of allylic oxidation sites excluding steroid dienone is 14. The maximum atomic E-state index is 12.7. The molecule has 0 saturated carbocycles. The summed E-state index contributed by atoms with van der Waals surface area (Å²) in [4.78, 5) is 37.8. The molecule has 0 bridgehead atoms. The van der Waals surface area contributed by atoms with E-state index in [-0.39, 0.29) is 31.1 Å². The Morgan fingerprint density at radius 3 is 0.897 bits per heavy atom. The second kappa shape index (κ2) is 56.2. The molecule has 0 amide bonds. The summed E-state index contributed by atoms with van der Waals surface area (Å²) < 4.78 is 16.7. The van der Waals surface area contributed by atoms with Crippen molar-refractivity contribution in [2.75, 3.05) is 13.2 Å². The maximum absolute atomic E-state index is 12.7. The molecule has 6 nitrogen and oxygen atoms in total. The van der Waals surface area contributed by atoms with E-state index < -0.39 is 6.10 Å². The monoisotopic (exact) mass is 947 g/mol. The molecule has 0 rings (SSSR count). The van der Waals surface area contributed by atoms with Crippen LogP contribution in [0.3, 0.4) is 0 Å². The fourth-order valence-corrected chi connectivity index (χ4v) is 7.89. The fourth-order valence-electron chi connectivity index (χ4n) is 7.89. The van der Waals surface area contributed by atoms with Gasteiger partial charge in [0.25, 0.3) is 0 Å². The molecule has 0 aliphatic carbocycles. The molecule has 6 heteroatoms. The van der Waals surface area contributed by atoms with Gasteiger partial charge in [0.1, 0.15) is 13.2 Å². The number of carbonyl (C=O) groups excluding carboxylic acids is 3. The standard InChI is InChI=1S/C62H106O6/c1-4-7-10-13-16-18-20-22-23-24-25-26-27-28-29-30-31-32-33-34-35-36-37-38-39-41-42-44-46-49-52-55-61(64)67-58-59(57-66-60(63)54-51-48-15-12-9-6-3)68-62(65)56-53-50-47-45-43-40-21-19-17-14-11-8-5-2/h7,10,16,18,22-23,25-26,28-29,31-32,34-35,59H,4-6,8-9,11-15,17,19-21,24,27,30,33,36-58H2,1-3H3/b10-7-,18-16-,23-22-,26-25-,29-28-,32-31-,35-34-. The van der Waals surface area contributed by atoms with E-state index in [1.165, 1.54) is 122 Å². The van der Waals surface area contributed by atoms with Crippen molar-refractivity contribution in [2.45, 2.75) is 277 Å². The van der Waals surface area contributed by atoms with Gasteiger partial charge < -0.3 is 14.2 Å². The van der Waals surface area contributed by atoms with Gasteiger partial charge in [-0.1, -0.05) is 260 Å². The Labute approximate surface area is 420 Å². The third kappa shape index (κ3) is 53.5. The Bertz CT molecular complexity index is 1320. The first-order chi connectivity index (χ1) is 33.5. The van der Waals surface area contributed by atoms with Crippen molar-refractivity contribution >= 4 is 17.9 Å². The van der Waals surface area contributed by atoms with E-state index in [1.54, 1.807) is 0 Å². The van der Waals surface area contributed by atoms with Gasteiger partial charge in [-0.3, -0.25) is 14.4 Å². The van der Waals surface area contributed by atoms with Crippen LogP contribution in [0.4, 0.5) is 0 Å². The van der Waals surface area contributed by atoms with Gasteiger partial charge in [-0.2, -0.15) is 0 Å². The largest absolute Gasteiger partial charge is 0.462 e. The lowest BCUT2D eigenvalue weighted by Gasteiger charge is -2.18. The molecule has 0 aromatic rings. The lowest BCUT2D eigenvalue weighted by Crippen LogP contribution is -2.30. The predicted octanol–water partition coefficient (Wildman–Crippen LogP) is 19.2. The van der Waals surface area contributed by atoms with E-state index >= 15 is 0 Å². The number of esters is 3. The minimum atomic E-state index is -0.772. The number of unbranched alkanes of at least 4 members (excludes halogenated alkanes) is 26. The number of carbonyl (C=O) groups is 3. The van der Waals surface area contributed by atoms with Crippen LogP contribution in [0.5, 0.6) is 0 Å². The first-order valence-corrected chi connectivity index (χ1v) is 28.6. The van der Waals surface area contributed by atoms with E-state index in [0.717, 1.165) is 109 Å². The van der Waals surface area contributed by atoms with Crippen LogP contribution >= 0.6 is 0 Å². The van der Waals surface area contributed by atoms with Gasteiger partial charge in [0.15, 0.2) is 6.10 Å². The average molecular weight is 948 g/mol. The summed E-state index contributed by atoms with van der Waals surface area (Å²) >= 11 is 0. The SMILES string of the molecule is CC/C=C\C/C=C\C/C=C\C/C=C\C/C=C\C/C=C\C/C=C\CCCCCCCCCCCC(=O)OCC(COC(=O)CCCCCCCC)OC(=O)CCCCCCCCCCCCCCC. The van der Waals surface area contributed by atoms with Gasteiger partial charge in [0, 0.05) is 19.3 Å². The van der Waals surface area contributed by atoms with Crippen molar-refractivity contribution in [2.24, 2.45) is 0 Å². The second-order valence-electron chi connectivity index (χ2n) is 18.8. The zero-order valence-electron chi connectivity index (χ0n) is 44.6. The Balaban J connectivity index is 4.08. The molecule has 1 unspecified atom stereocenters. The Hall–Kier alpha value is -3.41. The van der Waals surface area contributed by atoms with Crippen LogP contribution in [0.1, 0.15) is 271 Å². The van der Waals surface area contributed by atoms with Crippen LogP contribution in [0.15, 0.2) is 85.1 Å². The van der Waals surface area contributed by atoms with Gasteiger partial charge >= 0.3 is 17.9 Å². The van der Waals surface area contributed by atoms with E-state index in [1.807, 2.05) is 0 Å². The highest BCUT2D eigenvalue weighted by Crippen LogP contribution is 2.15. The molecular weight excluding hydrogens is 841 g/mol. The minimum absolute atomic E-state index is 0.0753. The van der Waals surface area contributed by atoms with E-state index in [9.17, 15) is 14.4 Å². The van der Waals surface area contributed by atoms with Crippen molar-refractivity contribution in [1.29, 1.82) is 0 Å². The topological polar surface area (TPSA) is 78.9 Å². The molecule has 68 heavy (non-hydrogen) atoms. The molecule has 0 heterocycles. The summed E-state index contributed by atoms with van der Waals surface area (Å²) in [6.07, 6.45) is 73.2. The normalized spacial score (nSPS) is 12.7. The van der Waals surface area contributed by atoms with Crippen molar-refractivity contribution in [1.82, 2.24) is 0 Å². The van der Waals surface area contributed by atoms with Crippen LogP contribution in [0.25, 0.3) is 0 Å². The third-order valence-electron chi connectivity index (χ3n) is 12.2. The Morgan fingerprint density at radius 2 is 0.574 bits per heavy atom. The molecule has 0 aromatic carbocycles. The number of hydrogen-bond acceptors (Lipinski definition) is 6. The molecule has 0 aromatic heterocycles.